The van der Waals surface area contributed by atoms with Gasteiger partial charge in [-0.3, -0.25) is 24.7 Å². The smallest absolute Gasteiger partial charge is 0.304 e. The summed E-state index contributed by atoms with van der Waals surface area (Å²) in [6, 6.07) is 6.79. The van der Waals surface area contributed by atoms with Gasteiger partial charge < -0.3 is 5.32 Å². The summed E-state index contributed by atoms with van der Waals surface area (Å²) in [7, 11) is 0. The molecule has 134 valence electrons. The number of carbonyl (C=O) groups excluding carboxylic acids is 1. The first-order valence-corrected chi connectivity index (χ1v) is 8.08. The minimum absolute atomic E-state index is 0.247. The summed E-state index contributed by atoms with van der Waals surface area (Å²) in [6.07, 6.45) is 0.974. The molecule has 1 amide bonds. The largest absolute Gasteiger partial charge is 0.319 e. The fourth-order valence-corrected chi connectivity index (χ4v) is 2.77. The van der Waals surface area contributed by atoms with Crippen LogP contribution in [0, 0.1) is 17.0 Å². The zero-order valence-electron chi connectivity index (χ0n) is 13.4. The zero-order valence-corrected chi connectivity index (χ0v) is 14.9. The highest BCUT2D eigenvalue weighted by Crippen LogP contribution is 2.23. The number of rotatable bonds is 5. The van der Waals surface area contributed by atoms with Crippen LogP contribution in [0.2, 0.25) is 10.0 Å². The molecule has 2 heterocycles. The first-order chi connectivity index (χ1) is 12.3. The number of halogens is 2. The number of carbonyl (C=O) groups is 1. The molecule has 2 N–H and O–H groups in total. The Labute approximate surface area is 157 Å². The number of benzene rings is 1. The van der Waals surface area contributed by atoms with E-state index < -0.39 is 16.5 Å². The number of aromatic amines is 1. The van der Waals surface area contributed by atoms with Crippen LogP contribution in [-0.4, -0.2) is 30.8 Å². The Hall–Kier alpha value is -2.91. The standard InChI is InChI=1S/C15H12Cl2N6O3/c1-8-4-13(19-15(24)14-12(23(25)26)6-18-20-14)21-22(8)7-9-2-3-10(16)5-11(9)17/h2-6H,7H2,1H3,(H,18,20)(H,19,21,24). The fraction of sp³-hybridized carbons (Fsp3) is 0.133. The van der Waals surface area contributed by atoms with Crippen LogP contribution in [0.1, 0.15) is 21.7 Å². The van der Waals surface area contributed by atoms with Crippen molar-refractivity contribution in [2.24, 2.45) is 0 Å². The predicted molar refractivity (Wildman–Crippen MR) is 95.7 cm³/mol. The third-order valence-electron chi connectivity index (χ3n) is 3.60. The third-order valence-corrected chi connectivity index (χ3v) is 4.19. The summed E-state index contributed by atoms with van der Waals surface area (Å²) in [5, 5.41) is 24.5. The van der Waals surface area contributed by atoms with Gasteiger partial charge in [0.2, 0.25) is 5.69 Å². The highest BCUT2D eigenvalue weighted by Gasteiger charge is 2.23. The molecule has 0 bridgehead atoms. The average molecular weight is 395 g/mol. The van der Waals surface area contributed by atoms with Gasteiger partial charge in [0.25, 0.3) is 5.91 Å². The lowest BCUT2D eigenvalue weighted by Gasteiger charge is -2.07. The molecule has 2 aromatic heterocycles. The molecule has 9 nitrogen and oxygen atoms in total. The van der Waals surface area contributed by atoms with Gasteiger partial charge in [-0.05, 0) is 24.6 Å². The lowest BCUT2D eigenvalue weighted by molar-refractivity contribution is -0.385. The number of nitrogens with zero attached hydrogens (tertiary/aromatic N) is 4. The molecular weight excluding hydrogens is 383 g/mol. The lowest BCUT2D eigenvalue weighted by Crippen LogP contribution is -2.15. The molecule has 0 unspecified atom stereocenters. The van der Waals surface area contributed by atoms with Crippen molar-refractivity contribution in [3.8, 4) is 0 Å². The van der Waals surface area contributed by atoms with Crippen LogP contribution >= 0.6 is 23.2 Å². The van der Waals surface area contributed by atoms with E-state index in [0.717, 1.165) is 17.5 Å². The van der Waals surface area contributed by atoms with E-state index in [1.807, 2.05) is 6.92 Å². The molecule has 11 heteroatoms. The van der Waals surface area contributed by atoms with E-state index in [2.05, 4.69) is 20.6 Å². The van der Waals surface area contributed by atoms with E-state index in [1.54, 1.807) is 28.9 Å². The van der Waals surface area contributed by atoms with E-state index in [0.29, 0.717) is 16.6 Å². The normalized spacial score (nSPS) is 10.7. The lowest BCUT2D eigenvalue weighted by atomic mass is 10.2. The quantitative estimate of drug-likeness (QED) is 0.507. The Morgan fingerprint density at radius 1 is 1.38 bits per heavy atom. The maximum absolute atomic E-state index is 12.2. The minimum Gasteiger partial charge on any atom is -0.304 e. The van der Waals surface area contributed by atoms with E-state index in [1.165, 1.54) is 0 Å². The fourth-order valence-electron chi connectivity index (χ4n) is 2.31. The Morgan fingerprint density at radius 2 is 2.15 bits per heavy atom. The predicted octanol–water partition coefficient (Wildman–Crippen LogP) is 3.43. The van der Waals surface area contributed by atoms with Gasteiger partial charge in [0.15, 0.2) is 5.82 Å². The van der Waals surface area contributed by atoms with Crippen molar-refractivity contribution in [3.63, 3.8) is 0 Å². The number of nitro groups is 1. The SMILES string of the molecule is Cc1cc(NC(=O)c2[nH]ncc2[N+](=O)[O-])nn1Cc1ccc(Cl)cc1Cl. The topological polar surface area (TPSA) is 119 Å². The average Bonchev–Trinajstić information content (AvgIpc) is 3.17. The van der Waals surface area contributed by atoms with Crippen molar-refractivity contribution in [3.05, 3.63) is 67.6 Å². The van der Waals surface area contributed by atoms with Crippen molar-refractivity contribution in [2.75, 3.05) is 5.32 Å². The second kappa shape index (κ2) is 7.14. The molecular formula is C15H12Cl2N6O3. The van der Waals surface area contributed by atoms with Gasteiger partial charge in [0, 0.05) is 21.8 Å². The molecule has 0 saturated heterocycles. The van der Waals surface area contributed by atoms with Crippen LogP contribution in [0.4, 0.5) is 11.5 Å². The van der Waals surface area contributed by atoms with Crippen LogP contribution < -0.4 is 5.32 Å². The monoisotopic (exact) mass is 394 g/mol. The highest BCUT2D eigenvalue weighted by molar-refractivity contribution is 6.35. The summed E-state index contributed by atoms with van der Waals surface area (Å²) < 4.78 is 1.64. The number of H-pyrrole nitrogens is 1. The van der Waals surface area contributed by atoms with Crippen molar-refractivity contribution in [1.29, 1.82) is 0 Å². The van der Waals surface area contributed by atoms with Crippen LogP contribution in [0.25, 0.3) is 0 Å². The van der Waals surface area contributed by atoms with Crippen LogP contribution in [0.5, 0.6) is 0 Å². The molecule has 0 saturated carbocycles. The molecule has 3 aromatic rings. The maximum atomic E-state index is 12.2. The Bertz CT molecular complexity index is 997. The van der Waals surface area contributed by atoms with Crippen molar-refractivity contribution in [2.45, 2.75) is 13.5 Å². The Morgan fingerprint density at radius 3 is 2.85 bits per heavy atom. The van der Waals surface area contributed by atoms with Gasteiger partial charge in [-0.25, -0.2) is 0 Å². The molecule has 1 aromatic carbocycles. The molecule has 0 radical (unpaired) electrons. The van der Waals surface area contributed by atoms with E-state index >= 15 is 0 Å². The number of aryl methyl sites for hydroxylation is 1. The van der Waals surface area contributed by atoms with Gasteiger partial charge in [-0.1, -0.05) is 29.3 Å². The summed E-state index contributed by atoms with van der Waals surface area (Å²) in [5.74, 6) is -0.454. The Balaban J connectivity index is 1.78. The second-order valence-electron chi connectivity index (χ2n) is 5.41. The summed E-state index contributed by atoms with van der Waals surface area (Å²) in [6.45, 7) is 2.19. The molecule has 3 rings (SSSR count). The van der Waals surface area contributed by atoms with E-state index in [-0.39, 0.29) is 11.5 Å². The summed E-state index contributed by atoms with van der Waals surface area (Å²) in [4.78, 5) is 22.4. The minimum atomic E-state index is -0.705. The molecule has 0 spiro atoms. The summed E-state index contributed by atoms with van der Waals surface area (Å²) >= 11 is 12.1. The van der Waals surface area contributed by atoms with Gasteiger partial charge >= 0.3 is 5.69 Å². The molecule has 0 aliphatic rings. The molecule has 0 atom stereocenters. The second-order valence-corrected chi connectivity index (χ2v) is 6.25. The van der Waals surface area contributed by atoms with E-state index in [9.17, 15) is 14.9 Å². The third kappa shape index (κ3) is 3.68. The van der Waals surface area contributed by atoms with Crippen molar-refractivity contribution in [1.82, 2.24) is 20.0 Å². The van der Waals surface area contributed by atoms with Gasteiger partial charge in [0.1, 0.15) is 6.20 Å². The van der Waals surface area contributed by atoms with Crippen molar-refractivity contribution >= 4 is 40.6 Å². The van der Waals surface area contributed by atoms with Gasteiger partial charge in [0.05, 0.1) is 11.5 Å². The van der Waals surface area contributed by atoms with Crippen LogP contribution in [-0.2, 0) is 6.54 Å². The van der Waals surface area contributed by atoms with Crippen LogP contribution in [0.15, 0.2) is 30.5 Å². The molecule has 0 aliphatic heterocycles. The maximum Gasteiger partial charge on any atom is 0.319 e. The Kier molecular flexibility index (Phi) is 4.92. The molecule has 0 aliphatic carbocycles. The number of amides is 1. The highest BCUT2D eigenvalue weighted by atomic mass is 35.5. The molecule has 26 heavy (non-hydrogen) atoms. The zero-order chi connectivity index (χ0) is 18.8. The number of anilines is 1. The van der Waals surface area contributed by atoms with Crippen molar-refractivity contribution < 1.29 is 9.72 Å². The van der Waals surface area contributed by atoms with Gasteiger partial charge in [-0.15, -0.1) is 0 Å². The van der Waals surface area contributed by atoms with Crippen LogP contribution in [0.3, 0.4) is 0 Å². The van der Waals surface area contributed by atoms with Gasteiger partial charge in [-0.2, -0.15) is 10.2 Å². The number of hydrogen-bond acceptors (Lipinski definition) is 5. The molecule has 0 fully saturated rings. The number of aromatic nitrogens is 4. The first-order valence-electron chi connectivity index (χ1n) is 7.32. The first kappa shape index (κ1) is 17.9. The van der Waals surface area contributed by atoms with E-state index in [4.69, 9.17) is 23.2 Å². The number of nitrogens with one attached hydrogen (secondary N) is 2. The summed E-state index contributed by atoms with van der Waals surface area (Å²) in [5.41, 5.74) is 0.921. The number of hydrogen-bond donors (Lipinski definition) is 2.